The van der Waals surface area contributed by atoms with E-state index in [9.17, 15) is 14.9 Å². The molecule has 0 bridgehead atoms. The fourth-order valence-corrected chi connectivity index (χ4v) is 3.35. The molecule has 0 radical (unpaired) electrons. The zero-order valence-corrected chi connectivity index (χ0v) is 14.3. The van der Waals surface area contributed by atoms with Crippen LogP contribution in [-0.2, 0) is 13.0 Å². The highest BCUT2D eigenvalue weighted by Crippen LogP contribution is 2.22. The van der Waals surface area contributed by atoms with Crippen molar-refractivity contribution in [3.05, 3.63) is 58.2 Å². The number of aryl methyl sites for hydroxylation is 1. The molecule has 1 aliphatic rings. The topological polar surface area (TPSA) is 81.3 Å². The molecular weight excluding hydrogens is 320 g/mol. The maximum atomic E-state index is 12.6. The molecule has 2 heterocycles. The standard InChI is InChI=1S/C18H22N4O3/c1-2-17-19-8-11-21(17)13-14-6-9-20(10-7-14)18(23)15-4-3-5-16(12-15)22(24)25/h3-5,8,11-12,14H,2,6-7,9-10,13H2,1H3. The van der Waals surface area contributed by atoms with E-state index in [0.29, 0.717) is 24.6 Å². The summed E-state index contributed by atoms with van der Waals surface area (Å²) in [5, 5.41) is 10.9. The second-order valence-electron chi connectivity index (χ2n) is 6.39. The number of rotatable bonds is 5. The molecule has 1 aromatic carbocycles. The van der Waals surface area contributed by atoms with Gasteiger partial charge in [-0.2, -0.15) is 0 Å². The number of nitro groups is 1. The smallest absolute Gasteiger partial charge is 0.270 e. The Morgan fingerprint density at radius 2 is 2.12 bits per heavy atom. The molecule has 1 aromatic heterocycles. The number of carbonyl (C=O) groups excluding carboxylic acids is 1. The number of piperidine rings is 1. The molecule has 1 aliphatic heterocycles. The van der Waals surface area contributed by atoms with E-state index >= 15 is 0 Å². The molecule has 7 heteroatoms. The number of nitro benzene ring substituents is 1. The number of nitrogens with zero attached hydrogens (tertiary/aromatic N) is 4. The van der Waals surface area contributed by atoms with Crippen LogP contribution < -0.4 is 0 Å². The predicted molar refractivity (Wildman–Crippen MR) is 93.3 cm³/mol. The van der Waals surface area contributed by atoms with E-state index in [2.05, 4.69) is 16.5 Å². The summed E-state index contributed by atoms with van der Waals surface area (Å²) >= 11 is 0. The van der Waals surface area contributed by atoms with Crippen LogP contribution in [0, 0.1) is 16.0 Å². The fourth-order valence-electron chi connectivity index (χ4n) is 3.35. The molecule has 1 amide bonds. The van der Waals surface area contributed by atoms with Crippen LogP contribution in [0.4, 0.5) is 5.69 Å². The second-order valence-corrected chi connectivity index (χ2v) is 6.39. The lowest BCUT2D eigenvalue weighted by Crippen LogP contribution is -2.39. The minimum atomic E-state index is -0.473. The maximum absolute atomic E-state index is 12.6. The Balaban J connectivity index is 1.59. The average Bonchev–Trinajstić information content (AvgIpc) is 3.09. The zero-order chi connectivity index (χ0) is 17.8. The van der Waals surface area contributed by atoms with Gasteiger partial charge in [0.15, 0.2) is 0 Å². The van der Waals surface area contributed by atoms with E-state index in [1.807, 2.05) is 12.4 Å². The van der Waals surface area contributed by atoms with Crippen LogP contribution in [-0.4, -0.2) is 38.4 Å². The van der Waals surface area contributed by atoms with Crippen molar-refractivity contribution in [3.63, 3.8) is 0 Å². The summed E-state index contributed by atoms with van der Waals surface area (Å²) < 4.78 is 2.20. The van der Waals surface area contributed by atoms with Crippen LogP contribution >= 0.6 is 0 Å². The van der Waals surface area contributed by atoms with E-state index in [1.54, 1.807) is 17.0 Å². The summed E-state index contributed by atoms with van der Waals surface area (Å²) in [6.45, 7) is 4.39. The SMILES string of the molecule is CCc1nccn1CC1CCN(C(=O)c2cccc([N+](=O)[O-])c2)CC1. The van der Waals surface area contributed by atoms with Crippen molar-refractivity contribution in [3.8, 4) is 0 Å². The van der Waals surface area contributed by atoms with E-state index in [4.69, 9.17) is 0 Å². The van der Waals surface area contributed by atoms with E-state index in [1.165, 1.54) is 12.1 Å². The van der Waals surface area contributed by atoms with E-state index in [-0.39, 0.29) is 11.6 Å². The molecule has 0 unspecified atom stereocenters. The second kappa shape index (κ2) is 7.46. The summed E-state index contributed by atoms with van der Waals surface area (Å²) in [6.07, 6.45) is 6.63. The van der Waals surface area contributed by atoms with Crippen molar-refractivity contribution in [2.24, 2.45) is 5.92 Å². The van der Waals surface area contributed by atoms with Crippen LogP contribution in [0.15, 0.2) is 36.7 Å². The summed E-state index contributed by atoms with van der Waals surface area (Å²) in [5.74, 6) is 1.49. The van der Waals surface area contributed by atoms with Crippen LogP contribution in [0.1, 0.15) is 35.9 Å². The van der Waals surface area contributed by atoms with Crippen molar-refractivity contribution >= 4 is 11.6 Å². The van der Waals surface area contributed by atoms with Gasteiger partial charge < -0.3 is 9.47 Å². The van der Waals surface area contributed by atoms with Crippen LogP contribution in [0.5, 0.6) is 0 Å². The highest BCUT2D eigenvalue weighted by molar-refractivity contribution is 5.94. The van der Waals surface area contributed by atoms with Gasteiger partial charge in [0.2, 0.25) is 0 Å². The van der Waals surface area contributed by atoms with Crippen molar-refractivity contribution in [2.45, 2.75) is 32.7 Å². The Morgan fingerprint density at radius 1 is 1.36 bits per heavy atom. The van der Waals surface area contributed by atoms with Gasteiger partial charge in [-0.3, -0.25) is 14.9 Å². The Hall–Kier alpha value is -2.70. The molecule has 3 rings (SSSR count). The molecule has 1 fully saturated rings. The predicted octanol–water partition coefficient (Wildman–Crippen LogP) is 2.91. The zero-order valence-electron chi connectivity index (χ0n) is 14.3. The van der Waals surface area contributed by atoms with Gasteiger partial charge in [0.25, 0.3) is 11.6 Å². The van der Waals surface area contributed by atoms with E-state index in [0.717, 1.165) is 31.6 Å². The summed E-state index contributed by atoms with van der Waals surface area (Å²) in [7, 11) is 0. The molecule has 0 N–H and O–H groups in total. The number of aromatic nitrogens is 2. The lowest BCUT2D eigenvalue weighted by atomic mass is 9.96. The lowest BCUT2D eigenvalue weighted by Gasteiger charge is -2.32. The number of imidazole rings is 1. The minimum absolute atomic E-state index is 0.0482. The average molecular weight is 342 g/mol. The van der Waals surface area contributed by atoms with Gasteiger partial charge in [-0.25, -0.2) is 4.98 Å². The third kappa shape index (κ3) is 3.87. The van der Waals surface area contributed by atoms with Crippen LogP contribution in [0.2, 0.25) is 0 Å². The molecule has 1 saturated heterocycles. The number of hydrogen-bond donors (Lipinski definition) is 0. The first kappa shape index (κ1) is 17.1. The molecule has 0 saturated carbocycles. The largest absolute Gasteiger partial charge is 0.339 e. The fraction of sp³-hybridized carbons (Fsp3) is 0.444. The Kier molecular flexibility index (Phi) is 5.11. The normalized spacial score (nSPS) is 15.3. The summed E-state index contributed by atoms with van der Waals surface area (Å²) in [4.78, 5) is 29.1. The molecule has 0 spiro atoms. The Labute approximate surface area is 146 Å². The number of non-ortho nitro benzene ring substituents is 1. The van der Waals surface area contributed by atoms with Crippen molar-refractivity contribution in [1.29, 1.82) is 0 Å². The minimum Gasteiger partial charge on any atom is -0.339 e. The number of likely N-dealkylation sites (tertiary alicyclic amines) is 1. The van der Waals surface area contributed by atoms with Crippen molar-refractivity contribution in [1.82, 2.24) is 14.5 Å². The maximum Gasteiger partial charge on any atom is 0.270 e. The molecule has 132 valence electrons. The van der Waals surface area contributed by atoms with Gasteiger partial charge in [0.1, 0.15) is 5.82 Å². The van der Waals surface area contributed by atoms with Gasteiger partial charge in [0.05, 0.1) is 4.92 Å². The molecule has 2 aromatic rings. The van der Waals surface area contributed by atoms with Gasteiger partial charge >= 0.3 is 0 Å². The quantitative estimate of drug-likeness (QED) is 0.618. The highest BCUT2D eigenvalue weighted by atomic mass is 16.6. The number of benzene rings is 1. The number of amides is 1. The summed E-state index contributed by atoms with van der Waals surface area (Å²) in [6, 6.07) is 5.96. The molecule has 0 aliphatic carbocycles. The third-order valence-electron chi connectivity index (χ3n) is 4.78. The number of carbonyl (C=O) groups is 1. The van der Waals surface area contributed by atoms with Crippen molar-refractivity contribution in [2.75, 3.05) is 13.1 Å². The first-order valence-electron chi connectivity index (χ1n) is 8.62. The van der Waals surface area contributed by atoms with Gasteiger partial charge in [0, 0.05) is 56.1 Å². The monoisotopic (exact) mass is 342 g/mol. The van der Waals surface area contributed by atoms with Gasteiger partial charge in [-0.1, -0.05) is 13.0 Å². The first-order chi connectivity index (χ1) is 12.1. The third-order valence-corrected chi connectivity index (χ3v) is 4.78. The molecule has 7 nitrogen and oxygen atoms in total. The van der Waals surface area contributed by atoms with Gasteiger partial charge in [-0.15, -0.1) is 0 Å². The molecular formula is C18H22N4O3. The first-order valence-corrected chi connectivity index (χ1v) is 8.62. The van der Waals surface area contributed by atoms with Gasteiger partial charge in [-0.05, 0) is 24.8 Å². The highest BCUT2D eigenvalue weighted by Gasteiger charge is 2.25. The van der Waals surface area contributed by atoms with Crippen LogP contribution in [0.3, 0.4) is 0 Å². The summed E-state index contributed by atoms with van der Waals surface area (Å²) in [5.41, 5.74) is 0.337. The molecule has 25 heavy (non-hydrogen) atoms. The van der Waals surface area contributed by atoms with Crippen molar-refractivity contribution < 1.29 is 9.72 Å². The lowest BCUT2D eigenvalue weighted by molar-refractivity contribution is -0.384. The van der Waals surface area contributed by atoms with E-state index < -0.39 is 4.92 Å². The van der Waals surface area contributed by atoms with Crippen LogP contribution in [0.25, 0.3) is 0 Å². The number of hydrogen-bond acceptors (Lipinski definition) is 4. The molecule has 0 atom stereocenters. The Bertz CT molecular complexity index is 763. The Morgan fingerprint density at radius 3 is 2.80 bits per heavy atom.